The van der Waals surface area contributed by atoms with Gasteiger partial charge < -0.3 is 0 Å². The van der Waals surface area contributed by atoms with Crippen molar-refractivity contribution in [2.24, 2.45) is 0 Å². The number of hydrogen-bond donors (Lipinski definition) is 2. The van der Waals surface area contributed by atoms with Gasteiger partial charge in [-0.05, 0) is 13.8 Å². The maximum absolute atomic E-state index is 4.84. The van der Waals surface area contributed by atoms with E-state index in [0.29, 0.717) is 4.32 Å². The minimum absolute atomic E-state index is 0.139. The van der Waals surface area contributed by atoms with Crippen molar-refractivity contribution in [2.45, 2.75) is 20.0 Å². The summed E-state index contributed by atoms with van der Waals surface area (Å²) < 4.78 is 0.360. The van der Waals surface area contributed by atoms with E-state index in [1.165, 1.54) is 0 Å². The Hall–Kier alpha value is 0.200. The van der Waals surface area contributed by atoms with E-state index in [1.807, 2.05) is 13.8 Å². The molecule has 0 rings (SSSR count). The topological polar surface area (TPSA) is 21.3 Å². The van der Waals surface area contributed by atoms with Crippen LogP contribution in [0.1, 0.15) is 13.8 Å². The molecule has 0 heterocycles. The summed E-state index contributed by atoms with van der Waals surface area (Å²) >= 11 is 8.31. The SMILES string of the molecule is CC(C)ONC(=S)S. The quantitative estimate of drug-likeness (QED) is 0.351. The fourth-order valence-corrected chi connectivity index (χ4v) is 0.269. The smallest absolute Gasteiger partial charge is 0.154 e. The first-order valence-corrected chi connectivity index (χ1v) is 3.13. The normalized spacial score (nSPS) is 9.50. The summed E-state index contributed by atoms with van der Waals surface area (Å²) in [7, 11) is 0. The van der Waals surface area contributed by atoms with Gasteiger partial charge in [0.15, 0.2) is 4.32 Å². The molecule has 0 aromatic heterocycles. The first kappa shape index (κ1) is 8.20. The zero-order chi connectivity index (χ0) is 6.57. The molecule has 0 spiro atoms. The lowest BCUT2D eigenvalue weighted by atomic mass is 10.5. The van der Waals surface area contributed by atoms with Gasteiger partial charge in [-0.1, -0.05) is 12.2 Å². The molecule has 0 aliphatic carbocycles. The Balaban J connectivity index is 3.05. The maximum Gasteiger partial charge on any atom is 0.154 e. The Bertz CT molecular complexity index is 84.1. The van der Waals surface area contributed by atoms with Crippen LogP contribution in [0.3, 0.4) is 0 Å². The third-order valence-electron chi connectivity index (χ3n) is 0.382. The molecule has 0 saturated carbocycles. The highest BCUT2D eigenvalue weighted by Crippen LogP contribution is 1.84. The van der Waals surface area contributed by atoms with Gasteiger partial charge in [0.2, 0.25) is 0 Å². The summed E-state index contributed by atoms with van der Waals surface area (Å²) in [5.41, 5.74) is 2.44. The number of rotatable bonds is 2. The van der Waals surface area contributed by atoms with Crippen molar-refractivity contribution in [1.29, 1.82) is 0 Å². The second-order valence-electron chi connectivity index (χ2n) is 1.57. The first-order chi connectivity index (χ1) is 3.63. The van der Waals surface area contributed by atoms with Crippen molar-refractivity contribution >= 4 is 29.2 Å². The van der Waals surface area contributed by atoms with Gasteiger partial charge in [0.25, 0.3) is 0 Å². The van der Waals surface area contributed by atoms with Crippen molar-refractivity contribution in [3.8, 4) is 0 Å². The minimum atomic E-state index is 0.139. The van der Waals surface area contributed by atoms with Crippen LogP contribution in [-0.2, 0) is 4.84 Å². The Labute approximate surface area is 60.0 Å². The number of thiocarbonyl (C=S) groups is 1. The summed E-state index contributed by atoms with van der Waals surface area (Å²) in [6, 6.07) is 0. The van der Waals surface area contributed by atoms with Gasteiger partial charge in [-0.2, -0.15) is 0 Å². The summed E-state index contributed by atoms with van der Waals surface area (Å²) in [4.78, 5) is 4.84. The van der Waals surface area contributed by atoms with Crippen molar-refractivity contribution in [2.75, 3.05) is 0 Å². The number of hydroxylamine groups is 1. The molecule has 48 valence electrons. The molecule has 0 aromatic carbocycles. The van der Waals surface area contributed by atoms with Crippen molar-refractivity contribution in [3.63, 3.8) is 0 Å². The molecule has 0 bridgehead atoms. The second-order valence-corrected chi connectivity index (χ2v) is 2.73. The van der Waals surface area contributed by atoms with Crippen LogP contribution in [0, 0.1) is 0 Å². The average molecular weight is 151 g/mol. The van der Waals surface area contributed by atoms with E-state index in [2.05, 4.69) is 30.3 Å². The second kappa shape index (κ2) is 4.12. The average Bonchev–Trinajstić information content (AvgIpc) is 1.61. The number of thiol groups is 1. The van der Waals surface area contributed by atoms with E-state index in [0.717, 1.165) is 0 Å². The summed E-state index contributed by atoms with van der Waals surface area (Å²) in [5.74, 6) is 0. The first-order valence-electron chi connectivity index (χ1n) is 2.27. The number of nitrogens with one attached hydrogen (secondary N) is 1. The lowest BCUT2D eigenvalue weighted by molar-refractivity contribution is 0.0364. The van der Waals surface area contributed by atoms with E-state index in [-0.39, 0.29) is 6.10 Å². The molecule has 2 nitrogen and oxygen atoms in total. The molecular formula is C4H9NOS2. The van der Waals surface area contributed by atoms with Crippen molar-refractivity contribution < 1.29 is 4.84 Å². The molecule has 0 amide bonds. The lowest BCUT2D eigenvalue weighted by Crippen LogP contribution is -2.21. The Morgan fingerprint density at radius 1 is 1.75 bits per heavy atom. The Morgan fingerprint density at radius 3 is 2.38 bits per heavy atom. The predicted octanol–water partition coefficient (Wildman–Crippen LogP) is 1.13. The van der Waals surface area contributed by atoms with E-state index in [1.54, 1.807) is 0 Å². The molecular weight excluding hydrogens is 142 g/mol. The fraction of sp³-hybridized carbons (Fsp3) is 0.750. The van der Waals surface area contributed by atoms with E-state index in [4.69, 9.17) is 4.84 Å². The molecule has 0 aliphatic rings. The minimum Gasteiger partial charge on any atom is -0.272 e. The van der Waals surface area contributed by atoms with Crippen LogP contribution in [0.4, 0.5) is 0 Å². The molecule has 4 heteroatoms. The largest absolute Gasteiger partial charge is 0.272 e. The molecule has 0 aromatic rings. The van der Waals surface area contributed by atoms with E-state index in [9.17, 15) is 0 Å². The molecule has 0 radical (unpaired) electrons. The standard InChI is InChI=1S/C4H9NOS2/c1-3(2)6-5-4(7)8/h3H,1-2H3,(H2,5,7,8). The highest BCUT2D eigenvalue weighted by molar-refractivity contribution is 8.10. The van der Waals surface area contributed by atoms with Crippen LogP contribution < -0.4 is 5.48 Å². The van der Waals surface area contributed by atoms with Gasteiger partial charge in [0, 0.05) is 0 Å². The third-order valence-corrected chi connectivity index (χ3v) is 0.557. The monoisotopic (exact) mass is 151 g/mol. The maximum atomic E-state index is 4.84. The third kappa shape index (κ3) is 6.20. The molecule has 0 aliphatic heterocycles. The van der Waals surface area contributed by atoms with Gasteiger partial charge in [-0.3, -0.25) is 10.3 Å². The zero-order valence-corrected chi connectivity index (χ0v) is 6.55. The van der Waals surface area contributed by atoms with Crippen molar-refractivity contribution in [3.05, 3.63) is 0 Å². The van der Waals surface area contributed by atoms with E-state index < -0.39 is 0 Å². The molecule has 0 unspecified atom stereocenters. The highest BCUT2D eigenvalue weighted by atomic mass is 32.1. The molecule has 0 atom stereocenters. The van der Waals surface area contributed by atoms with Gasteiger partial charge in [-0.15, -0.1) is 12.6 Å². The summed E-state index contributed by atoms with van der Waals surface area (Å²) in [5, 5.41) is 0. The zero-order valence-electron chi connectivity index (χ0n) is 4.84. The van der Waals surface area contributed by atoms with Crippen LogP contribution >= 0.6 is 24.8 Å². The van der Waals surface area contributed by atoms with Crippen LogP contribution in [0.5, 0.6) is 0 Å². The summed E-state index contributed by atoms with van der Waals surface area (Å²) in [6.45, 7) is 3.80. The number of hydrogen-bond acceptors (Lipinski definition) is 2. The Kier molecular flexibility index (Phi) is 4.22. The van der Waals surface area contributed by atoms with Gasteiger partial charge in [0.1, 0.15) is 0 Å². The van der Waals surface area contributed by atoms with Crippen LogP contribution in [0.15, 0.2) is 0 Å². The van der Waals surface area contributed by atoms with Crippen LogP contribution in [0.2, 0.25) is 0 Å². The Morgan fingerprint density at radius 2 is 2.25 bits per heavy atom. The van der Waals surface area contributed by atoms with Crippen LogP contribution in [-0.4, -0.2) is 10.4 Å². The van der Waals surface area contributed by atoms with Gasteiger partial charge in [-0.25, -0.2) is 0 Å². The van der Waals surface area contributed by atoms with Crippen molar-refractivity contribution in [1.82, 2.24) is 5.48 Å². The van der Waals surface area contributed by atoms with Gasteiger partial charge >= 0.3 is 0 Å². The predicted molar refractivity (Wildman–Crippen MR) is 40.9 cm³/mol. The molecule has 8 heavy (non-hydrogen) atoms. The molecule has 0 fully saturated rings. The van der Waals surface area contributed by atoms with Gasteiger partial charge in [0.05, 0.1) is 6.10 Å². The molecule has 0 saturated heterocycles. The van der Waals surface area contributed by atoms with Crippen LogP contribution in [0.25, 0.3) is 0 Å². The summed E-state index contributed by atoms with van der Waals surface area (Å²) in [6.07, 6.45) is 0.139. The molecule has 1 N–H and O–H groups in total. The highest BCUT2D eigenvalue weighted by Gasteiger charge is 1.90. The lowest BCUT2D eigenvalue weighted by Gasteiger charge is -2.05. The fourth-order valence-electron chi connectivity index (χ4n) is 0.168. The van der Waals surface area contributed by atoms with E-state index >= 15 is 0 Å².